The lowest BCUT2D eigenvalue weighted by Gasteiger charge is -2.45. The van der Waals surface area contributed by atoms with Crippen molar-refractivity contribution < 1.29 is 23.0 Å². The average Bonchev–Trinajstić information content (AvgIpc) is 3.32. The van der Waals surface area contributed by atoms with E-state index in [-0.39, 0.29) is 23.0 Å². The molecule has 0 radical (unpaired) electrons. The summed E-state index contributed by atoms with van der Waals surface area (Å²) in [7, 11) is 0. The molecule has 0 unspecified atom stereocenters. The maximum absolute atomic E-state index is 12.5. The molecule has 164 valence electrons. The van der Waals surface area contributed by atoms with Gasteiger partial charge in [0.1, 0.15) is 27.8 Å². The van der Waals surface area contributed by atoms with Crippen LogP contribution < -0.4 is 15.8 Å². The second kappa shape index (κ2) is 7.68. The molecule has 12 heteroatoms. The summed E-state index contributed by atoms with van der Waals surface area (Å²) in [5.41, 5.74) is 5.47. The molecule has 1 saturated carbocycles. The number of amides is 1. The van der Waals surface area contributed by atoms with E-state index in [1.165, 1.54) is 23.5 Å². The Labute approximate surface area is 184 Å². The van der Waals surface area contributed by atoms with Crippen molar-refractivity contribution in [2.45, 2.75) is 37.0 Å². The first-order valence-electron chi connectivity index (χ1n) is 9.68. The van der Waals surface area contributed by atoms with E-state index in [1.54, 1.807) is 17.1 Å². The first-order chi connectivity index (χ1) is 14.9. The maximum Gasteiger partial charge on any atom is 0.387 e. The molecule has 3 N–H and O–H groups in total. The van der Waals surface area contributed by atoms with E-state index in [4.69, 9.17) is 15.5 Å². The number of nitrogens with one attached hydrogen (secondary N) is 1. The van der Waals surface area contributed by atoms with Gasteiger partial charge in [-0.25, -0.2) is 15.0 Å². The van der Waals surface area contributed by atoms with Gasteiger partial charge in [0.2, 0.25) is 0 Å². The van der Waals surface area contributed by atoms with Gasteiger partial charge in [0.25, 0.3) is 5.91 Å². The summed E-state index contributed by atoms with van der Waals surface area (Å²) in [5, 5.41) is 5.70. The van der Waals surface area contributed by atoms with E-state index in [1.807, 2.05) is 0 Å². The number of thiazole rings is 1. The van der Waals surface area contributed by atoms with Gasteiger partial charge in [-0.3, -0.25) is 4.79 Å². The molecule has 1 aliphatic carbocycles. The van der Waals surface area contributed by atoms with Gasteiger partial charge < -0.3 is 20.5 Å². The van der Waals surface area contributed by atoms with Gasteiger partial charge in [-0.1, -0.05) is 11.8 Å². The monoisotopic (exact) mass is 467 g/mol. The van der Waals surface area contributed by atoms with E-state index in [9.17, 15) is 13.6 Å². The Morgan fingerprint density at radius 1 is 1.39 bits per heavy atom. The summed E-state index contributed by atoms with van der Waals surface area (Å²) < 4.78 is 34.9. The number of anilines is 1. The van der Waals surface area contributed by atoms with Crippen LogP contribution in [0.4, 0.5) is 14.6 Å². The van der Waals surface area contributed by atoms with E-state index in [0.29, 0.717) is 17.6 Å². The molecule has 5 rings (SSSR count). The van der Waals surface area contributed by atoms with Gasteiger partial charge in [-0.2, -0.15) is 8.78 Å². The van der Waals surface area contributed by atoms with E-state index >= 15 is 0 Å². The number of fused-ring (bicyclic) bond motifs is 1. The Morgan fingerprint density at radius 3 is 2.94 bits per heavy atom. The van der Waals surface area contributed by atoms with Crippen molar-refractivity contribution >= 4 is 40.0 Å². The van der Waals surface area contributed by atoms with Crippen molar-refractivity contribution in [3.8, 4) is 5.75 Å². The molecule has 2 fully saturated rings. The Hall–Kier alpha value is -2.31. The minimum Gasteiger partial charge on any atom is -0.433 e. The van der Waals surface area contributed by atoms with Crippen molar-refractivity contribution in [2.24, 2.45) is 16.6 Å². The lowest BCUT2D eigenvalue weighted by atomic mass is 9.79. The van der Waals surface area contributed by atoms with E-state index in [0.717, 1.165) is 36.2 Å². The number of nitrogens with zero attached hydrogens (tertiary/aromatic N) is 3. The van der Waals surface area contributed by atoms with Crippen LogP contribution in [0.3, 0.4) is 0 Å². The van der Waals surface area contributed by atoms with Gasteiger partial charge >= 0.3 is 6.61 Å². The van der Waals surface area contributed by atoms with Gasteiger partial charge in [-0.05, 0) is 31.4 Å². The van der Waals surface area contributed by atoms with Crippen LogP contribution in [0.2, 0.25) is 0 Å². The molecule has 1 spiro atoms. The molecule has 2 aromatic heterocycles. The molecule has 8 nitrogen and oxygen atoms in total. The summed E-state index contributed by atoms with van der Waals surface area (Å²) in [4.78, 5) is 25.7. The molecular formula is C19H19F2N5O3S2. The van der Waals surface area contributed by atoms with Crippen LogP contribution in [0.15, 0.2) is 28.7 Å². The Bertz CT molecular complexity index is 1030. The van der Waals surface area contributed by atoms with E-state index < -0.39 is 18.1 Å². The maximum atomic E-state index is 12.5. The van der Waals surface area contributed by atoms with Crippen LogP contribution in [0.25, 0.3) is 0 Å². The zero-order valence-corrected chi connectivity index (χ0v) is 17.8. The van der Waals surface area contributed by atoms with Gasteiger partial charge in [0, 0.05) is 17.1 Å². The summed E-state index contributed by atoms with van der Waals surface area (Å²) in [6, 6.07) is 2.57. The molecule has 3 aliphatic rings. The highest BCUT2D eigenvalue weighted by atomic mass is 32.2. The average molecular weight is 468 g/mol. The van der Waals surface area contributed by atoms with Crippen LogP contribution in [-0.4, -0.2) is 45.6 Å². The van der Waals surface area contributed by atoms with Crippen molar-refractivity contribution in [3.05, 3.63) is 34.4 Å². The SMILES string of the molecule is NC1=N[C@@]2(c3nc(NC(=O)c4ccc(OC(F)F)cn4)cs3)COC3(CC3)C[C@H]2CS1. The fourth-order valence-corrected chi connectivity index (χ4v) is 5.92. The molecule has 1 amide bonds. The number of thioether (sulfide) groups is 1. The fourth-order valence-electron chi connectivity index (χ4n) is 3.96. The van der Waals surface area contributed by atoms with Crippen LogP contribution in [0.1, 0.15) is 34.8 Å². The number of carbonyl (C=O) groups excluding carboxylic acids is 1. The molecule has 2 atom stereocenters. The Balaban J connectivity index is 1.33. The van der Waals surface area contributed by atoms with Crippen molar-refractivity contribution in [1.29, 1.82) is 0 Å². The third kappa shape index (κ3) is 3.99. The standard InChI is InChI=1S/C19H19F2N5O3S2/c20-16(21)29-11-1-2-12(23-6-11)14(27)24-13-8-30-15(25-13)19-9-28-18(3-4-18)5-10(19)7-31-17(22)26-19/h1-2,6,8,10,16H,3-5,7,9H2,(H2,22,26)(H,24,27)/t10-,19-/m0/s1. The number of rotatable bonds is 5. The normalized spacial score (nSPS) is 26.3. The van der Waals surface area contributed by atoms with Crippen LogP contribution in [0, 0.1) is 5.92 Å². The Kier molecular flexibility index (Phi) is 5.10. The van der Waals surface area contributed by atoms with Crippen molar-refractivity contribution in [1.82, 2.24) is 9.97 Å². The van der Waals surface area contributed by atoms with E-state index in [2.05, 4.69) is 20.0 Å². The van der Waals surface area contributed by atoms with Crippen molar-refractivity contribution in [2.75, 3.05) is 17.7 Å². The zero-order valence-electron chi connectivity index (χ0n) is 16.2. The second-order valence-electron chi connectivity index (χ2n) is 7.81. The van der Waals surface area contributed by atoms with Gasteiger partial charge in [-0.15, -0.1) is 11.3 Å². The summed E-state index contributed by atoms with van der Waals surface area (Å²) >= 11 is 2.96. The number of alkyl halides is 2. The Morgan fingerprint density at radius 2 is 2.23 bits per heavy atom. The fraction of sp³-hybridized carbons (Fsp3) is 0.474. The molecule has 31 heavy (non-hydrogen) atoms. The second-order valence-corrected chi connectivity index (χ2v) is 9.71. The number of carbonyl (C=O) groups is 1. The molecule has 2 aromatic rings. The quantitative estimate of drug-likeness (QED) is 0.694. The highest BCUT2D eigenvalue weighted by Crippen LogP contribution is 2.56. The number of ether oxygens (including phenoxy) is 2. The number of pyridine rings is 1. The van der Waals surface area contributed by atoms with Gasteiger partial charge in [0.05, 0.1) is 18.4 Å². The third-order valence-corrected chi connectivity index (χ3v) is 7.72. The molecule has 4 heterocycles. The lowest BCUT2D eigenvalue weighted by Crippen LogP contribution is -2.50. The largest absolute Gasteiger partial charge is 0.433 e. The number of amidine groups is 1. The number of hydrogen-bond acceptors (Lipinski definition) is 9. The summed E-state index contributed by atoms with van der Waals surface area (Å²) in [6.07, 6.45) is 4.16. The van der Waals surface area contributed by atoms with Crippen LogP contribution in [0.5, 0.6) is 5.75 Å². The molecule has 1 saturated heterocycles. The number of aliphatic imine (C=N–C) groups is 1. The minimum atomic E-state index is -2.95. The topological polar surface area (TPSA) is 112 Å². The number of aromatic nitrogens is 2. The molecule has 0 bridgehead atoms. The third-order valence-electron chi connectivity index (χ3n) is 5.75. The number of nitrogens with two attached hydrogens (primary N) is 1. The van der Waals surface area contributed by atoms with Crippen LogP contribution >= 0.6 is 23.1 Å². The minimum absolute atomic E-state index is 0.00345. The first kappa shape index (κ1) is 20.6. The predicted octanol–water partition coefficient (Wildman–Crippen LogP) is 3.22. The summed E-state index contributed by atoms with van der Waals surface area (Å²) in [6.45, 7) is -2.53. The summed E-state index contributed by atoms with van der Waals surface area (Å²) in [5.74, 6) is 0.863. The number of halogens is 2. The number of hydrogen-bond donors (Lipinski definition) is 2. The highest BCUT2D eigenvalue weighted by Gasteiger charge is 2.58. The van der Waals surface area contributed by atoms with Gasteiger partial charge in [0.15, 0.2) is 5.17 Å². The first-order valence-corrected chi connectivity index (χ1v) is 11.5. The van der Waals surface area contributed by atoms with Crippen molar-refractivity contribution in [3.63, 3.8) is 0 Å². The molecule has 0 aromatic carbocycles. The smallest absolute Gasteiger partial charge is 0.387 e. The molecular weight excluding hydrogens is 448 g/mol. The lowest BCUT2D eigenvalue weighted by molar-refractivity contribution is -0.0724. The zero-order chi connectivity index (χ0) is 21.6. The predicted molar refractivity (Wildman–Crippen MR) is 113 cm³/mol. The van der Waals surface area contributed by atoms with Crippen LogP contribution in [-0.2, 0) is 10.3 Å². The highest BCUT2D eigenvalue weighted by molar-refractivity contribution is 8.13. The molecule has 2 aliphatic heterocycles.